The molecule has 0 saturated heterocycles. The van der Waals surface area contributed by atoms with Gasteiger partial charge in [-0.3, -0.25) is 0 Å². The number of esters is 1. The lowest BCUT2D eigenvalue weighted by Crippen LogP contribution is -2.14. The molecule has 0 N–H and O–H groups in total. The molecule has 0 spiro atoms. The van der Waals surface area contributed by atoms with Crippen LogP contribution in [0.3, 0.4) is 0 Å². The molecule has 0 saturated carbocycles. The van der Waals surface area contributed by atoms with E-state index in [9.17, 15) is 9.18 Å². The minimum Gasteiger partial charge on any atom is -0.463 e. The Bertz CT molecular complexity index is 388. The van der Waals surface area contributed by atoms with Gasteiger partial charge in [-0.2, -0.15) is 0 Å². The molecule has 16 heavy (non-hydrogen) atoms. The molecule has 0 atom stereocenters. The number of rotatable bonds is 4. The summed E-state index contributed by atoms with van der Waals surface area (Å²) in [5.41, 5.74) is 2.01. The van der Waals surface area contributed by atoms with Crippen LogP contribution >= 0.6 is 0 Å². The van der Waals surface area contributed by atoms with Gasteiger partial charge in [0, 0.05) is 11.4 Å². The van der Waals surface area contributed by atoms with Gasteiger partial charge >= 0.3 is 5.97 Å². The molecule has 3 nitrogen and oxygen atoms in total. The highest BCUT2D eigenvalue weighted by Gasteiger charge is 2.13. The highest BCUT2D eigenvalue weighted by atomic mass is 19.1. The van der Waals surface area contributed by atoms with Crippen LogP contribution in [0.25, 0.3) is 0 Å². The van der Waals surface area contributed by atoms with E-state index in [1.54, 1.807) is 6.92 Å². The SMILES string of the molecule is CCOC(=O)/C(=C/F)Cn1c(C)ccc1C. The van der Waals surface area contributed by atoms with Gasteiger partial charge in [0.1, 0.15) is 0 Å². The molecular formula is C12H16FNO2. The first-order valence-corrected chi connectivity index (χ1v) is 5.19. The van der Waals surface area contributed by atoms with E-state index in [1.165, 1.54) is 0 Å². The summed E-state index contributed by atoms with van der Waals surface area (Å²) in [5, 5.41) is 0. The van der Waals surface area contributed by atoms with Gasteiger partial charge in [-0.05, 0) is 32.9 Å². The number of aromatic nitrogens is 1. The first kappa shape index (κ1) is 12.5. The highest BCUT2D eigenvalue weighted by molar-refractivity contribution is 5.88. The molecule has 0 unspecified atom stereocenters. The van der Waals surface area contributed by atoms with Crippen LogP contribution in [0.2, 0.25) is 0 Å². The monoisotopic (exact) mass is 225 g/mol. The maximum atomic E-state index is 12.6. The van der Waals surface area contributed by atoms with Crippen LogP contribution in [0, 0.1) is 13.8 Å². The minimum atomic E-state index is -0.600. The van der Waals surface area contributed by atoms with Crippen molar-refractivity contribution in [1.29, 1.82) is 0 Å². The van der Waals surface area contributed by atoms with Crippen LogP contribution in [0.4, 0.5) is 4.39 Å². The van der Waals surface area contributed by atoms with Crippen LogP contribution in [0.1, 0.15) is 18.3 Å². The summed E-state index contributed by atoms with van der Waals surface area (Å²) in [6, 6.07) is 3.85. The van der Waals surface area contributed by atoms with Crippen molar-refractivity contribution in [2.24, 2.45) is 0 Å². The predicted molar refractivity (Wildman–Crippen MR) is 59.7 cm³/mol. The molecule has 0 aliphatic heterocycles. The molecule has 0 fully saturated rings. The molecular weight excluding hydrogens is 209 g/mol. The third-order valence-electron chi connectivity index (χ3n) is 2.42. The average molecular weight is 225 g/mol. The number of hydrogen-bond donors (Lipinski definition) is 0. The van der Waals surface area contributed by atoms with Gasteiger partial charge < -0.3 is 9.30 Å². The van der Waals surface area contributed by atoms with Gasteiger partial charge in [-0.15, -0.1) is 0 Å². The fourth-order valence-electron chi connectivity index (χ4n) is 1.49. The smallest absolute Gasteiger partial charge is 0.338 e. The molecule has 1 aromatic rings. The van der Waals surface area contributed by atoms with E-state index < -0.39 is 5.97 Å². The van der Waals surface area contributed by atoms with Crippen molar-refractivity contribution in [3.63, 3.8) is 0 Å². The summed E-state index contributed by atoms with van der Waals surface area (Å²) < 4.78 is 19.2. The van der Waals surface area contributed by atoms with E-state index in [2.05, 4.69) is 0 Å². The van der Waals surface area contributed by atoms with Crippen molar-refractivity contribution in [2.45, 2.75) is 27.3 Å². The largest absolute Gasteiger partial charge is 0.463 e. The van der Waals surface area contributed by atoms with Crippen molar-refractivity contribution < 1.29 is 13.9 Å². The Kier molecular flexibility index (Phi) is 4.28. The van der Waals surface area contributed by atoms with E-state index in [1.807, 2.05) is 30.5 Å². The topological polar surface area (TPSA) is 31.2 Å². The van der Waals surface area contributed by atoms with E-state index in [0.29, 0.717) is 6.33 Å². The summed E-state index contributed by atoms with van der Waals surface area (Å²) in [4.78, 5) is 11.4. The lowest BCUT2D eigenvalue weighted by molar-refractivity contribution is -0.138. The maximum Gasteiger partial charge on any atom is 0.338 e. The molecule has 4 heteroatoms. The van der Waals surface area contributed by atoms with E-state index in [0.717, 1.165) is 11.4 Å². The fraction of sp³-hybridized carbons (Fsp3) is 0.417. The molecule has 0 amide bonds. The normalized spacial score (nSPS) is 11.6. The Balaban J connectivity index is 2.83. The molecule has 88 valence electrons. The summed E-state index contributed by atoms with van der Waals surface area (Å²) in [6.07, 6.45) is 0.316. The number of nitrogens with zero attached hydrogens (tertiary/aromatic N) is 1. The van der Waals surface area contributed by atoms with Crippen LogP contribution < -0.4 is 0 Å². The van der Waals surface area contributed by atoms with Crippen LogP contribution in [0.5, 0.6) is 0 Å². The fourth-order valence-corrected chi connectivity index (χ4v) is 1.49. The second-order valence-corrected chi connectivity index (χ2v) is 3.56. The van der Waals surface area contributed by atoms with Crippen LogP contribution in [0.15, 0.2) is 24.0 Å². The van der Waals surface area contributed by atoms with Gasteiger partial charge in [0.2, 0.25) is 0 Å². The zero-order valence-electron chi connectivity index (χ0n) is 9.79. The van der Waals surface area contributed by atoms with Crippen molar-refractivity contribution in [1.82, 2.24) is 4.57 Å². The van der Waals surface area contributed by atoms with Crippen LogP contribution in [-0.2, 0) is 16.1 Å². The van der Waals surface area contributed by atoms with Gasteiger partial charge in [0.05, 0.1) is 25.1 Å². The lowest BCUT2D eigenvalue weighted by atomic mass is 10.3. The Morgan fingerprint density at radius 2 is 2.00 bits per heavy atom. The standard InChI is InChI=1S/C12H16FNO2/c1-4-16-12(15)11(7-13)8-14-9(2)5-6-10(14)3/h5-7H,4,8H2,1-3H3/b11-7+. The summed E-state index contributed by atoms with van der Waals surface area (Å²) in [7, 11) is 0. The quantitative estimate of drug-likeness (QED) is 0.582. The maximum absolute atomic E-state index is 12.6. The summed E-state index contributed by atoms with van der Waals surface area (Å²) in [6.45, 7) is 5.97. The molecule has 0 aliphatic rings. The van der Waals surface area contributed by atoms with E-state index >= 15 is 0 Å². The lowest BCUT2D eigenvalue weighted by Gasteiger charge is -2.10. The van der Waals surface area contributed by atoms with Crippen molar-refractivity contribution in [2.75, 3.05) is 6.61 Å². The molecule has 0 aromatic carbocycles. The van der Waals surface area contributed by atoms with Gasteiger partial charge in [0.25, 0.3) is 0 Å². The number of hydrogen-bond acceptors (Lipinski definition) is 2. The summed E-state index contributed by atoms with van der Waals surface area (Å²) >= 11 is 0. The number of aryl methyl sites for hydroxylation is 2. The van der Waals surface area contributed by atoms with E-state index in [4.69, 9.17) is 4.74 Å². The van der Waals surface area contributed by atoms with Gasteiger partial charge in [-0.1, -0.05) is 0 Å². The Labute approximate surface area is 94.5 Å². The Morgan fingerprint density at radius 1 is 1.44 bits per heavy atom. The third-order valence-corrected chi connectivity index (χ3v) is 2.42. The molecule has 0 aliphatic carbocycles. The first-order chi connectivity index (χ1) is 7.60. The molecule has 1 heterocycles. The second-order valence-electron chi connectivity index (χ2n) is 3.56. The minimum absolute atomic E-state index is 0.0317. The van der Waals surface area contributed by atoms with Gasteiger partial charge in [-0.25, -0.2) is 9.18 Å². The third kappa shape index (κ3) is 2.72. The number of carbonyl (C=O) groups excluding carboxylic acids is 1. The Morgan fingerprint density at radius 3 is 2.44 bits per heavy atom. The zero-order chi connectivity index (χ0) is 12.1. The number of ether oxygens (including phenoxy) is 1. The number of halogens is 1. The molecule has 0 bridgehead atoms. The average Bonchev–Trinajstić information content (AvgIpc) is 2.56. The predicted octanol–water partition coefficient (Wildman–Crippen LogP) is 2.52. The molecule has 1 rings (SSSR count). The van der Waals surface area contributed by atoms with Crippen LogP contribution in [-0.4, -0.2) is 17.1 Å². The first-order valence-electron chi connectivity index (χ1n) is 5.19. The van der Waals surface area contributed by atoms with Crippen molar-refractivity contribution in [3.05, 3.63) is 35.4 Å². The molecule has 0 radical (unpaired) electrons. The van der Waals surface area contributed by atoms with Crippen molar-refractivity contribution in [3.8, 4) is 0 Å². The molecule has 1 aromatic heterocycles. The Hall–Kier alpha value is -1.58. The van der Waals surface area contributed by atoms with Gasteiger partial charge in [0.15, 0.2) is 0 Å². The number of carbonyl (C=O) groups is 1. The highest BCUT2D eigenvalue weighted by Crippen LogP contribution is 2.11. The second kappa shape index (κ2) is 5.49. The van der Waals surface area contributed by atoms with Crippen molar-refractivity contribution >= 4 is 5.97 Å². The van der Waals surface area contributed by atoms with E-state index in [-0.39, 0.29) is 18.7 Å². The zero-order valence-corrected chi connectivity index (χ0v) is 9.79. The summed E-state index contributed by atoms with van der Waals surface area (Å²) in [5.74, 6) is -0.600.